The molecule has 0 amide bonds. The standard InChI is InChI=1S/C15H31N3/c1-13(2)17-8-10-18(11-9-17)15(12-16)7-5-4-6-14(15)3/h13-14H,4-12,16H2,1-3H3. The van der Waals surface area contributed by atoms with Crippen LogP contribution in [-0.4, -0.2) is 54.1 Å². The molecule has 2 fully saturated rings. The van der Waals surface area contributed by atoms with E-state index in [1.165, 1.54) is 51.9 Å². The van der Waals surface area contributed by atoms with Gasteiger partial charge in [0.1, 0.15) is 0 Å². The van der Waals surface area contributed by atoms with E-state index in [-0.39, 0.29) is 0 Å². The Morgan fingerprint density at radius 2 is 1.83 bits per heavy atom. The van der Waals surface area contributed by atoms with Gasteiger partial charge in [-0.1, -0.05) is 19.8 Å². The van der Waals surface area contributed by atoms with Gasteiger partial charge >= 0.3 is 0 Å². The Bertz CT molecular complexity index is 258. The van der Waals surface area contributed by atoms with E-state index in [9.17, 15) is 0 Å². The fourth-order valence-corrected chi connectivity index (χ4v) is 3.98. The monoisotopic (exact) mass is 253 g/mol. The minimum Gasteiger partial charge on any atom is -0.329 e. The van der Waals surface area contributed by atoms with Gasteiger partial charge in [-0.05, 0) is 32.6 Å². The lowest BCUT2D eigenvalue weighted by molar-refractivity contribution is -0.0245. The summed E-state index contributed by atoms with van der Waals surface area (Å²) in [7, 11) is 0. The van der Waals surface area contributed by atoms with Crippen LogP contribution in [-0.2, 0) is 0 Å². The maximum absolute atomic E-state index is 6.20. The second kappa shape index (κ2) is 5.89. The Labute approximate surface area is 113 Å². The third-order valence-electron chi connectivity index (χ3n) is 5.44. The molecule has 1 aliphatic heterocycles. The first-order valence-electron chi connectivity index (χ1n) is 7.79. The van der Waals surface area contributed by atoms with Gasteiger partial charge in [0, 0.05) is 44.3 Å². The molecule has 3 nitrogen and oxygen atoms in total. The molecule has 3 heteroatoms. The Hall–Kier alpha value is -0.120. The molecule has 2 unspecified atom stereocenters. The summed E-state index contributed by atoms with van der Waals surface area (Å²) in [6.07, 6.45) is 5.44. The first kappa shape index (κ1) is 14.3. The molecular weight excluding hydrogens is 222 g/mol. The highest BCUT2D eigenvalue weighted by Crippen LogP contribution is 2.38. The molecule has 2 N–H and O–H groups in total. The lowest BCUT2D eigenvalue weighted by Gasteiger charge is -2.53. The first-order chi connectivity index (χ1) is 8.60. The quantitative estimate of drug-likeness (QED) is 0.834. The fourth-order valence-electron chi connectivity index (χ4n) is 3.98. The topological polar surface area (TPSA) is 32.5 Å². The minimum absolute atomic E-state index is 0.307. The number of rotatable bonds is 3. The van der Waals surface area contributed by atoms with Gasteiger partial charge < -0.3 is 5.73 Å². The van der Waals surface area contributed by atoms with Gasteiger partial charge in [-0.3, -0.25) is 9.80 Å². The number of hydrogen-bond acceptors (Lipinski definition) is 3. The molecule has 1 saturated heterocycles. The maximum atomic E-state index is 6.20. The molecule has 0 aromatic heterocycles. The van der Waals surface area contributed by atoms with Crippen LogP contribution in [0.5, 0.6) is 0 Å². The number of nitrogens with zero attached hydrogens (tertiary/aromatic N) is 2. The summed E-state index contributed by atoms with van der Waals surface area (Å²) in [6, 6.07) is 0.685. The highest BCUT2D eigenvalue weighted by molar-refractivity contribution is 4.99. The third-order valence-corrected chi connectivity index (χ3v) is 5.44. The van der Waals surface area contributed by atoms with Gasteiger partial charge in [-0.15, -0.1) is 0 Å². The Morgan fingerprint density at radius 1 is 1.17 bits per heavy atom. The van der Waals surface area contributed by atoms with Crippen molar-refractivity contribution in [2.75, 3.05) is 32.7 Å². The maximum Gasteiger partial charge on any atom is 0.0358 e. The van der Waals surface area contributed by atoms with Crippen LogP contribution in [0.1, 0.15) is 46.5 Å². The lowest BCUT2D eigenvalue weighted by Crippen LogP contribution is -2.64. The third kappa shape index (κ3) is 2.59. The second-order valence-corrected chi connectivity index (χ2v) is 6.57. The zero-order chi connectivity index (χ0) is 13.2. The molecule has 0 spiro atoms. The molecule has 2 atom stereocenters. The van der Waals surface area contributed by atoms with Crippen LogP contribution in [0.3, 0.4) is 0 Å². The molecule has 0 bridgehead atoms. The second-order valence-electron chi connectivity index (χ2n) is 6.57. The van der Waals surface area contributed by atoms with Crippen molar-refractivity contribution in [3.8, 4) is 0 Å². The van der Waals surface area contributed by atoms with Crippen molar-refractivity contribution in [1.82, 2.24) is 9.80 Å². The summed E-state index contributed by atoms with van der Waals surface area (Å²) in [5.74, 6) is 0.766. The predicted octanol–water partition coefficient (Wildman–Crippen LogP) is 1.92. The van der Waals surface area contributed by atoms with Crippen molar-refractivity contribution in [2.24, 2.45) is 11.7 Å². The molecule has 0 radical (unpaired) electrons. The molecule has 2 rings (SSSR count). The average molecular weight is 253 g/mol. The van der Waals surface area contributed by atoms with E-state index in [1.807, 2.05) is 0 Å². The molecule has 18 heavy (non-hydrogen) atoms. The number of nitrogens with two attached hydrogens (primary N) is 1. The summed E-state index contributed by atoms with van der Waals surface area (Å²) < 4.78 is 0. The van der Waals surface area contributed by atoms with Crippen LogP contribution in [0.4, 0.5) is 0 Å². The van der Waals surface area contributed by atoms with Gasteiger partial charge in [0.15, 0.2) is 0 Å². The summed E-state index contributed by atoms with van der Waals surface area (Å²) in [5.41, 5.74) is 6.51. The summed E-state index contributed by atoms with van der Waals surface area (Å²) in [5, 5.41) is 0. The minimum atomic E-state index is 0.307. The van der Waals surface area contributed by atoms with E-state index < -0.39 is 0 Å². The van der Waals surface area contributed by atoms with E-state index in [0.29, 0.717) is 11.6 Å². The largest absolute Gasteiger partial charge is 0.329 e. The smallest absolute Gasteiger partial charge is 0.0358 e. The normalized spacial score (nSPS) is 36.2. The van der Waals surface area contributed by atoms with Crippen LogP contribution in [0.15, 0.2) is 0 Å². The van der Waals surface area contributed by atoms with E-state index >= 15 is 0 Å². The predicted molar refractivity (Wildman–Crippen MR) is 77.7 cm³/mol. The zero-order valence-corrected chi connectivity index (χ0v) is 12.5. The highest BCUT2D eigenvalue weighted by atomic mass is 15.3. The lowest BCUT2D eigenvalue weighted by atomic mass is 9.72. The van der Waals surface area contributed by atoms with Crippen molar-refractivity contribution in [3.05, 3.63) is 0 Å². The molecule has 1 heterocycles. The van der Waals surface area contributed by atoms with Crippen LogP contribution >= 0.6 is 0 Å². The van der Waals surface area contributed by atoms with Gasteiger partial charge in [-0.2, -0.15) is 0 Å². The Morgan fingerprint density at radius 3 is 2.33 bits per heavy atom. The van der Waals surface area contributed by atoms with Gasteiger partial charge in [0.2, 0.25) is 0 Å². The molecule has 0 aromatic rings. The SMILES string of the molecule is CC(C)N1CCN(C2(CN)CCCCC2C)CC1. The van der Waals surface area contributed by atoms with E-state index in [2.05, 4.69) is 30.6 Å². The number of piperazine rings is 1. The molecule has 0 aromatic carbocycles. The first-order valence-corrected chi connectivity index (χ1v) is 7.79. The van der Waals surface area contributed by atoms with Crippen molar-refractivity contribution in [3.63, 3.8) is 0 Å². The van der Waals surface area contributed by atoms with Crippen molar-refractivity contribution < 1.29 is 0 Å². The van der Waals surface area contributed by atoms with Crippen LogP contribution < -0.4 is 5.73 Å². The van der Waals surface area contributed by atoms with Gasteiger partial charge in [0.05, 0.1) is 0 Å². The molecule has 1 saturated carbocycles. The van der Waals surface area contributed by atoms with E-state index in [1.54, 1.807) is 0 Å². The average Bonchev–Trinajstić information content (AvgIpc) is 2.40. The molecule has 2 aliphatic rings. The van der Waals surface area contributed by atoms with E-state index in [0.717, 1.165) is 12.5 Å². The zero-order valence-electron chi connectivity index (χ0n) is 12.5. The van der Waals surface area contributed by atoms with Crippen LogP contribution in [0, 0.1) is 5.92 Å². The highest BCUT2D eigenvalue weighted by Gasteiger charge is 2.42. The van der Waals surface area contributed by atoms with Crippen molar-refractivity contribution >= 4 is 0 Å². The van der Waals surface area contributed by atoms with Crippen molar-refractivity contribution in [2.45, 2.75) is 58.0 Å². The summed E-state index contributed by atoms with van der Waals surface area (Å²) in [6.45, 7) is 12.7. The van der Waals surface area contributed by atoms with Gasteiger partial charge in [-0.25, -0.2) is 0 Å². The molecular formula is C15H31N3. The molecule has 1 aliphatic carbocycles. The molecule has 106 valence electrons. The van der Waals surface area contributed by atoms with E-state index in [4.69, 9.17) is 5.73 Å². The number of hydrogen-bond donors (Lipinski definition) is 1. The van der Waals surface area contributed by atoms with Crippen molar-refractivity contribution in [1.29, 1.82) is 0 Å². The Balaban J connectivity index is 2.01. The van der Waals surface area contributed by atoms with Gasteiger partial charge in [0.25, 0.3) is 0 Å². The summed E-state index contributed by atoms with van der Waals surface area (Å²) in [4.78, 5) is 5.31. The van der Waals surface area contributed by atoms with Crippen LogP contribution in [0.2, 0.25) is 0 Å². The summed E-state index contributed by atoms with van der Waals surface area (Å²) >= 11 is 0. The Kier molecular flexibility index (Phi) is 4.68. The fraction of sp³-hybridized carbons (Fsp3) is 1.00. The van der Waals surface area contributed by atoms with Crippen LogP contribution in [0.25, 0.3) is 0 Å².